The van der Waals surface area contributed by atoms with Crippen LogP contribution in [0.3, 0.4) is 0 Å². The fraction of sp³-hybridized carbons (Fsp3) is 0.333. The molecule has 1 aliphatic rings. The summed E-state index contributed by atoms with van der Waals surface area (Å²) < 4.78 is 2.02. The van der Waals surface area contributed by atoms with Gasteiger partial charge in [0.1, 0.15) is 0 Å². The number of nitrogens with zero attached hydrogens (tertiary/aromatic N) is 3. The molecule has 1 aromatic heterocycles. The highest BCUT2D eigenvalue weighted by Gasteiger charge is 2.15. The van der Waals surface area contributed by atoms with E-state index in [1.54, 1.807) is 0 Å². The van der Waals surface area contributed by atoms with Crippen molar-refractivity contribution in [2.24, 2.45) is 0 Å². The summed E-state index contributed by atoms with van der Waals surface area (Å²) in [6.45, 7) is 3.84. The SMILES string of the molecule is Brc1cc(Br)cc(-c2nc(N3CCNCC3)n[nH]2)c1. The van der Waals surface area contributed by atoms with Crippen LogP contribution in [-0.4, -0.2) is 41.4 Å². The molecule has 19 heavy (non-hydrogen) atoms. The second-order valence-electron chi connectivity index (χ2n) is 4.38. The number of aromatic amines is 1. The summed E-state index contributed by atoms with van der Waals surface area (Å²) in [6.07, 6.45) is 0. The van der Waals surface area contributed by atoms with Crippen LogP contribution in [0.2, 0.25) is 0 Å². The topological polar surface area (TPSA) is 56.8 Å². The largest absolute Gasteiger partial charge is 0.337 e. The highest BCUT2D eigenvalue weighted by Crippen LogP contribution is 2.26. The lowest BCUT2D eigenvalue weighted by Gasteiger charge is -2.25. The van der Waals surface area contributed by atoms with Gasteiger partial charge in [-0.3, -0.25) is 5.10 Å². The van der Waals surface area contributed by atoms with Gasteiger partial charge in [0.2, 0.25) is 5.95 Å². The van der Waals surface area contributed by atoms with Gasteiger partial charge in [-0.15, -0.1) is 5.10 Å². The summed E-state index contributed by atoms with van der Waals surface area (Å²) in [5, 5.41) is 10.6. The second-order valence-corrected chi connectivity index (χ2v) is 6.21. The third-order valence-corrected chi connectivity index (χ3v) is 3.93. The molecule has 0 atom stereocenters. The monoisotopic (exact) mass is 385 g/mol. The van der Waals surface area contributed by atoms with Crippen LogP contribution >= 0.6 is 31.9 Å². The lowest BCUT2D eigenvalue weighted by Crippen LogP contribution is -2.44. The van der Waals surface area contributed by atoms with E-state index in [0.717, 1.165) is 52.5 Å². The Kier molecular flexibility index (Phi) is 3.86. The van der Waals surface area contributed by atoms with Crippen LogP contribution < -0.4 is 10.2 Å². The fourth-order valence-corrected chi connectivity index (χ4v) is 3.37. The lowest BCUT2D eigenvalue weighted by molar-refractivity contribution is 0.580. The van der Waals surface area contributed by atoms with E-state index in [0.29, 0.717) is 0 Å². The molecule has 0 amide bonds. The minimum atomic E-state index is 0.771. The zero-order chi connectivity index (χ0) is 13.2. The molecule has 1 aromatic carbocycles. The predicted molar refractivity (Wildman–Crippen MR) is 82.3 cm³/mol. The summed E-state index contributed by atoms with van der Waals surface area (Å²) in [5.41, 5.74) is 1.01. The van der Waals surface area contributed by atoms with Gasteiger partial charge in [-0.1, -0.05) is 31.9 Å². The number of benzene rings is 1. The number of hydrogen-bond acceptors (Lipinski definition) is 4. The number of hydrogen-bond donors (Lipinski definition) is 2. The van der Waals surface area contributed by atoms with Crippen molar-refractivity contribution in [2.75, 3.05) is 31.1 Å². The van der Waals surface area contributed by atoms with Crippen LogP contribution in [-0.2, 0) is 0 Å². The highest BCUT2D eigenvalue weighted by atomic mass is 79.9. The first-order chi connectivity index (χ1) is 9.22. The van der Waals surface area contributed by atoms with Crippen molar-refractivity contribution in [1.29, 1.82) is 0 Å². The molecule has 2 N–H and O–H groups in total. The van der Waals surface area contributed by atoms with E-state index in [1.807, 2.05) is 18.2 Å². The molecule has 7 heteroatoms. The van der Waals surface area contributed by atoms with Crippen molar-refractivity contribution in [1.82, 2.24) is 20.5 Å². The smallest absolute Gasteiger partial charge is 0.245 e. The van der Waals surface area contributed by atoms with E-state index in [9.17, 15) is 0 Å². The van der Waals surface area contributed by atoms with Crippen molar-refractivity contribution >= 4 is 37.8 Å². The van der Waals surface area contributed by atoms with Gasteiger partial charge in [0, 0.05) is 40.7 Å². The molecule has 2 aromatic rings. The van der Waals surface area contributed by atoms with Crippen LogP contribution in [0.5, 0.6) is 0 Å². The van der Waals surface area contributed by atoms with E-state index in [-0.39, 0.29) is 0 Å². The van der Waals surface area contributed by atoms with Crippen molar-refractivity contribution in [3.05, 3.63) is 27.1 Å². The summed E-state index contributed by atoms with van der Waals surface area (Å²) in [7, 11) is 0. The molecular weight excluding hydrogens is 374 g/mol. The van der Waals surface area contributed by atoms with Gasteiger partial charge in [-0.2, -0.15) is 4.98 Å². The molecule has 0 unspecified atom stereocenters. The molecule has 3 rings (SSSR count). The molecule has 0 saturated carbocycles. The van der Waals surface area contributed by atoms with Gasteiger partial charge in [-0.25, -0.2) is 0 Å². The average Bonchev–Trinajstić information content (AvgIpc) is 2.88. The highest BCUT2D eigenvalue weighted by molar-refractivity contribution is 9.11. The first-order valence-electron chi connectivity index (χ1n) is 6.07. The van der Waals surface area contributed by atoms with Gasteiger partial charge in [0.25, 0.3) is 0 Å². The molecule has 5 nitrogen and oxygen atoms in total. The van der Waals surface area contributed by atoms with E-state index in [2.05, 4.69) is 57.3 Å². The average molecular weight is 387 g/mol. The van der Waals surface area contributed by atoms with Gasteiger partial charge in [0.05, 0.1) is 0 Å². The fourth-order valence-electron chi connectivity index (χ4n) is 2.08. The minimum absolute atomic E-state index is 0.771. The molecule has 100 valence electrons. The van der Waals surface area contributed by atoms with Crippen LogP contribution in [0.1, 0.15) is 0 Å². The normalized spacial score (nSPS) is 15.8. The maximum atomic E-state index is 4.58. The van der Waals surface area contributed by atoms with Crippen molar-refractivity contribution in [2.45, 2.75) is 0 Å². The Bertz CT molecular complexity index is 557. The number of nitrogens with one attached hydrogen (secondary N) is 2. The molecule has 2 heterocycles. The predicted octanol–water partition coefficient (Wildman–Crippen LogP) is 2.41. The van der Waals surface area contributed by atoms with Crippen molar-refractivity contribution < 1.29 is 0 Å². The Balaban J connectivity index is 1.87. The maximum absolute atomic E-state index is 4.58. The zero-order valence-electron chi connectivity index (χ0n) is 10.2. The van der Waals surface area contributed by atoms with E-state index in [1.165, 1.54) is 0 Å². The number of anilines is 1. The van der Waals surface area contributed by atoms with Crippen LogP contribution in [0.25, 0.3) is 11.4 Å². The molecule has 0 radical (unpaired) electrons. The molecule has 1 fully saturated rings. The number of H-pyrrole nitrogens is 1. The summed E-state index contributed by atoms with van der Waals surface area (Å²) in [5.74, 6) is 1.56. The molecule has 0 aliphatic carbocycles. The number of piperazine rings is 1. The Morgan fingerprint density at radius 2 is 1.74 bits per heavy atom. The summed E-state index contributed by atoms with van der Waals surface area (Å²) >= 11 is 6.97. The van der Waals surface area contributed by atoms with Crippen molar-refractivity contribution in [3.8, 4) is 11.4 Å². The van der Waals surface area contributed by atoms with E-state index >= 15 is 0 Å². The standard InChI is InChI=1S/C12H13Br2N5/c13-9-5-8(6-10(14)7-9)11-16-12(18-17-11)19-3-1-15-2-4-19/h5-7,15H,1-4H2,(H,16,17,18). The van der Waals surface area contributed by atoms with E-state index < -0.39 is 0 Å². The number of rotatable bonds is 2. The first-order valence-corrected chi connectivity index (χ1v) is 7.65. The lowest BCUT2D eigenvalue weighted by atomic mass is 10.2. The van der Waals surface area contributed by atoms with Gasteiger partial charge >= 0.3 is 0 Å². The number of halogens is 2. The van der Waals surface area contributed by atoms with Crippen LogP contribution in [0.15, 0.2) is 27.1 Å². The van der Waals surface area contributed by atoms with Gasteiger partial charge in [-0.05, 0) is 18.2 Å². The zero-order valence-corrected chi connectivity index (χ0v) is 13.3. The summed E-state index contributed by atoms with van der Waals surface area (Å²) in [6, 6.07) is 6.04. The Labute approximate surface area is 128 Å². The Hall–Kier alpha value is -0.920. The van der Waals surface area contributed by atoms with Crippen molar-refractivity contribution in [3.63, 3.8) is 0 Å². The quantitative estimate of drug-likeness (QED) is 0.832. The number of aromatic nitrogens is 3. The summed E-state index contributed by atoms with van der Waals surface area (Å²) in [4.78, 5) is 6.76. The Morgan fingerprint density at radius 1 is 1.05 bits per heavy atom. The first kappa shape index (κ1) is 13.1. The third-order valence-electron chi connectivity index (χ3n) is 3.01. The molecule has 1 aliphatic heterocycles. The third kappa shape index (κ3) is 2.98. The maximum Gasteiger partial charge on any atom is 0.245 e. The van der Waals surface area contributed by atoms with Crippen LogP contribution in [0, 0.1) is 0 Å². The van der Waals surface area contributed by atoms with Crippen LogP contribution in [0.4, 0.5) is 5.95 Å². The molecule has 1 saturated heterocycles. The molecular formula is C12H13Br2N5. The van der Waals surface area contributed by atoms with Gasteiger partial charge < -0.3 is 10.2 Å². The minimum Gasteiger partial charge on any atom is -0.337 e. The Morgan fingerprint density at radius 3 is 2.42 bits per heavy atom. The van der Waals surface area contributed by atoms with Gasteiger partial charge in [0.15, 0.2) is 5.82 Å². The molecule has 0 bridgehead atoms. The van der Waals surface area contributed by atoms with E-state index in [4.69, 9.17) is 0 Å². The molecule has 0 spiro atoms. The second kappa shape index (κ2) is 5.60.